The number of hydrogen-bond donors (Lipinski definition) is 2. The first-order chi connectivity index (χ1) is 10.4. The fraction of sp³-hybridized carbons (Fsp3) is 0.0769. The number of aromatic nitrogens is 2. The number of halogens is 4. The summed E-state index contributed by atoms with van der Waals surface area (Å²) in [6, 6.07) is 0.930. The molecule has 2 aromatic heterocycles. The summed E-state index contributed by atoms with van der Waals surface area (Å²) in [7, 11) is 0. The summed E-state index contributed by atoms with van der Waals surface area (Å²) in [5.41, 5.74) is 5.64. The predicted octanol–water partition coefficient (Wildman–Crippen LogP) is 4.01. The number of carbonyl (C=O) groups excluding carboxylic acids is 1. The molecule has 2 heterocycles. The summed E-state index contributed by atoms with van der Waals surface area (Å²) in [4.78, 5) is 17.6. The quantitative estimate of drug-likeness (QED) is 0.694. The van der Waals surface area contributed by atoms with Crippen LogP contribution in [-0.4, -0.2) is 16.1 Å². The van der Waals surface area contributed by atoms with E-state index in [1.807, 2.05) is 0 Å². The molecule has 22 heavy (non-hydrogen) atoms. The Labute approximate surface area is 135 Å². The van der Waals surface area contributed by atoms with Gasteiger partial charge in [-0.2, -0.15) is 0 Å². The van der Waals surface area contributed by atoms with Crippen molar-refractivity contribution in [3.63, 3.8) is 0 Å². The van der Waals surface area contributed by atoms with Gasteiger partial charge in [-0.05, 0) is 22.0 Å². The molecule has 0 aliphatic carbocycles. The lowest BCUT2D eigenvalue weighted by Crippen LogP contribution is -2.13. The molecule has 0 saturated carbocycles. The van der Waals surface area contributed by atoms with Crippen molar-refractivity contribution in [1.29, 1.82) is 0 Å². The van der Waals surface area contributed by atoms with Gasteiger partial charge in [0.1, 0.15) is 12.3 Å². The molecule has 1 amide bonds. The van der Waals surface area contributed by atoms with E-state index < -0.39 is 17.7 Å². The SMILES string of the molecule is NC(=O)OCc1cc(F)c(F)c2c1[nH]c1ncc(Br)c(Cl)c12. The summed E-state index contributed by atoms with van der Waals surface area (Å²) in [6.45, 7) is -0.311. The van der Waals surface area contributed by atoms with Gasteiger partial charge in [0.15, 0.2) is 11.6 Å². The van der Waals surface area contributed by atoms with E-state index in [1.165, 1.54) is 6.20 Å². The van der Waals surface area contributed by atoms with Gasteiger partial charge in [-0.25, -0.2) is 18.6 Å². The number of amides is 1. The Balaban J connectivity index is 2.38. The van der Waals surface area contributed by atoms with Crippen LogP contribution in [0.4, 0.5) is 13.6 Å². The summed E-state index contributed by atoms with van der Waals surface area (Å²) in [5.74, 6) is -2.15. The highest BCUT2D eigenvalue weighted by Gasteiger charge is 2.21. The molecule has 0 aliphatic heterocycles. The van der Waals surface area contributed by atoms with E-state index in [0.717, 1.165) is 6.07 Å². The van der Waals surface area contributed by atoms with Gasteiger partial charge in [-0.3, -0.25) is 0 Å². The number of nitrogens with two attached hydrogens (primary N) is 1. The molecule has 3 rings (SSSR count). The highest BCUT2D eigenvalue weighted by atomic mass is 79.9. The Morgan fingerprint density at radius 3 is 2.86 bits per heavy atom. The average molecular weight is 391 g/mol. The van der Waals surface area contributed by atoms with Crippen LogP contribution in [0.25, 0.3) is 21.9 Å². The molecular weight excluding hydrogens is 384 g/mol. The first-order valence-electron chi connectivity index (χ1n) is 5.94. The molecule has 1 aromatic carbocycles. The zero-order valence-corrected chi connectivity index (χ0v) is 13.1. The van der Waals surface area contributed by atoms with Gasteiger partial charge in [0.05, 0.1) is 15.0 Å². The van der Waals surface area contributed by atoms with Crippen LogP contribution in [0.5, 0.6) is 0 Å². The minimum atomic E-state index is -1.09. The molecule has 3 N–H and O–H groups in total. The highest BCUT2D eigenvalue weighted by Crippen LogP contribution is 2.38. The molecule has 0 unspecified atom stereocenters. The number of aromatic amines is 1. The third kappa shape index (κ3) is 2.28. The maximum atomic E-state index is 14.2. The molecule has 5 nitrogen and oxygen atoms in total. The number of rotatable bonds is 2. The normalized spacial score (nSPS) is 11.3. The van der Waals surface area contributed by atoms with Gasteiger partial charge in [-0.1, -0.05) is 11.6 Å². The number of hydrogen-bond acceptors (Lipinski definition) is 3. The van der Waals surface area contributed by atoms with Gasteiger partial charge < -0.3 is 15.5 Å². The van der Waals surface area contributed by atoms with Crippen molar-refractivity contribution in [2.75, 3.05) is 0 Å². The number of nitrogens with zero attached hydrogens (tertiary/aromatic N) is 1. The second kappa shape index (κ2) is 5.36. The first kappa shape index (κ1) is 15.0. The Bertz CT molecular complexity index is 929. The first-order valence-corrected chi connectivity index (χ1v) is 7.11. The molecule has 0 spiro atoms. The Morgan fingerprint density at radius 1 is 1.45 bits per heavy atom. The number of H-pyrrole nitrogens is 1. The number of primary amides is 1. The molecular formula is C13H7BrClF2N3O2. The summed E-state index contributed by atoms with van der Waals surface area (Å²) >= 11 is 9.34. The fourth-order valence-electron chi connectivity index (χ4n) is 2.23. The van der Waals surface area contributed by atoms with Crippen molar-refractivity contribution in [3.8, 4) is 0 Å². The van der Waals surface area contributed by atoms with E-state index in [9.17, 15) is 13.6 Å². The van der Waals surface area contributed by atoms with Gasteiger partial charge in [-0.15, -0.1) is 0 Å². The lowest BCUT2D eigenvalue weighted by molar-refractivity contribution is 0.150. The second-order valence-corrected chi connectivity index (χ2v) is 5.69. The maximum Gasteiger partial charge on any atom is 0.404 e. The number of carbonyl (C=O) groups is 1. The number of pyridine rings is 1. The maximum absolute atomic E-state index is 14.2. The molecule has 0 atom stereocenters. The lowest BCUT2D eigenvalue weighted by atomic mass is 10.1. The zero-order chi connectivity index (χ0) is 16.0. The van der Waals surface area contributed by atoms with Crippen LogP contribution in [0.2, 0.25) is 5.02 Å². The van der Waals surface area contributed by atoms with Crippen LogP contribution in [0, 0.1) is 11.6 Å². The van der Waals surface area contributed by atoms with Crippen molar-refractivity contribution < 1.29 is 18.3 Å². The molecule has 0 saturated heterocycles. The predicted molar refractivity (Wildman–Crippen MR) is 80.6 cm³/mol. The second-order valence-electron chi connectivity index (χ2n) is 4.46. The van der Waals surface area contributed by atoms with Gasteiger partial charge in [0.25, 0.3) is 0 Å². The van der Waals surface area contributed by atoms with Crippen LogP contribution in [-0.2, 0) is 11.3 Å². The third-order valence-electron chi connectivity index (χ3n) is 3.14. The van der Waals surface area contributed by atoms with Gasteiger partial charge >= 0.3 is 6.09 Å². The zero-order valence-electron chi connectivity index (χ0n) is 10.7. The van der Waals surface area contributed by atoms with E-state index >= 15 is 0 Å². The standard InChI is InChI=1S/C13H7BrClF2N3O2/c14-5-2-19-12-7(9(5)15)8-10(17)6(16)1-4(11(8)20-12)3-22-13(18)21/h1-2H,3H2,(H2,18,21)(H,19,20). The summed E-state index contributed by atoms with van der Waals surface area (Å²) in [5, 5.41) is 0.378. The van der Waals surface area contributed by atoms with Crippen molar-refractivity contribution in [1.82, 2.24) is 9.97 Å². The summed E-state index contributed by atoms with van der Waals surface area (Å²) in [6.07, 6.45) is 0.418. The Morgan fingerprint density at radius 2 is 2.18 bits per heavy atom. The number of benzene rings is 1. The highest BCUT2D eigenvalue weighted by molar-refractivity contribution is 9.10. The minimum Gasteiger partial charge on any atom is -0.445 e. The fourth-order valence-corrected chi connectivity index (χ4v) is 2.76. The largest absolute Gasteiger partial charge is 0.445 e. The molecule has 9 heteroatoms. The van der Waals surface area contributed by atoms with Crippen molar-refractivity contribution >= 4 is 55.6 Å². The molecule has 0 bridgehead atoms. The topological polar surface area (TPSA) is 81.0 Å². The van der Waals surface area contributed by atoms with Crippen LogP contribution in [0.1, 0.15) is 5.56 Å². The monoisotopic (exact) mass is 389 g/mol. The number of ether oxygens (including phenoxy) is 1. The molecule has 0 fully saturated rings. The Hall–Kier alpha value is -1.93. The molecule has 0 aliphatic rings. The lowest BCUT2D eigenvalue weighted by Gasteiger charge is -2.05. The number of fused-ring (bicyclic) bond motifs is 3. The van der Waals surface area contributed by atoms with Crippen molar-refractivity contribution in [3.05, 3.63) is 39.0 Å². The average Bonchev–Trinajstić information content (AvgIpc) is 2.85. The third-order valence-corrected chi connectivity index (χ3v) is 4.36. The van der Waals surface area contributed by atoms with E-state index in [2.05, 4.69) is 30.6 Å². The van der Waals surface area contributed by atoms with E-state index in [4.69, 9.17) is 17.3 Å². The van der Waals surface area contributed by atoms with Gasteiger partial charge in [0, 0.05) is 22.5 Å². The Kier molecular flexibility index (Phi) is 3.65. The van der Waals surface area contributed by atoms with E-state index in [1.54, 1.807) is 0 Å². The van der Waals surface area contributed by atoms with Crippen molar-refractivity contribution in [2.45, 2.75) is 6.61 Å². The van der Waals surface area contributed by atoms with Crippen LogP contribution in [0.3, 0.4) is 0 Å². The van der Waals surface area contributed by atoms with Crippen LogP contribution in [0.15, 0.2) is 16.7 Å². The van der Waals surface area contributed by atoms with E-state index in [-0.39, 0.29) is 39.1 Å². The van der Waals surface area contributed by atoms with Crippen LogP contribution >= 0.6 is 27.5 Å². The number of nitrogens with one attached hydrogen (secondary N) is 1. The molecule has 3 aromatic rings. The molecule has 114 valence electrons. The molecule has 0 radical (unpaired) electrons. The minimum absolute atomic E-state index is 0.0585. The van der Waals surface area contributed by atoms with Crippen molar-refractivity contribution in [2.24, 2.45) is 5.73 Å². The summed E-state index contributed by atoms with van der Waals surface area (Å²) < 4.78 is 33.2. The van der Waals surface area contributed by atoms with Gasteiger partial charge in [0.2, 0.25) is 0 Å². The smallest absolute Gasteiger partial charge is 0.404 e. The van der Waals surface area contributed by atoms with E-state index in [0.29, 0.717) is 4.47 Å². The van der Waals surface area contributed by atoms with Crippen LogP contribution < -0.4 is 5.73 Å².